The van der Waals surface area contributed by atoms with Crippen LogP contribution in [0.25, 0.3) is 28.5 Å². The molecular weight excluding hydrogens is 404 g/mol. The number of benzene rings is 2. The third-order valence-electron chi connectivity index (χ3n) is 6.28. The van der Waals surface area contributed by atoms with Gasteiger partial charge in [0.25, 0.3) is 0 Å². The number of carbonyl (C=O) groups excluding carboxylic acids is 1. The topological polar surface area (TPSA) is 90.7 Å². The Morgan fingerprint density at radius 3 is 2.62 bits per heavy atom. The van der Waals surface area contributed by atoms with Gasteiger partial charge in [0, 0.05) is 6.20 Å². The first-order valence-electron chi connectivity index (χ1n) is 10.5. The molecule has 3 aromatic rings. The van der Waals surface area contributed by atoms with E-state index in [4.69, 9.17) is 0 Å². The van der Waals surface area contributed by atoms with Gasteiger partial charge in [-0.3, -0.25) is 9.78 Å². The molecule has 3 heterocycles. The molecule has 0 spiro atoms. The lowest BCUT2D eigenvalue weighted by Gasteiger charge is -2.44. The minimum atomic E-state index is -1.12. The number of aliphatic hydroxyl groups is 1. The summed E-state index contributed by atoms with van der Waals surface area (Å²) >= 11 is 0. The minimum absolute atomic E-state index is 0.0335. The van der Waals surface area contributed by atoms with Crippen LogP contribution < -0.4 is 0 Å². The predicted molar refractivity (Wildman–Crippen MR) is 122 cm³/mol. The molecule has 32 heavy (non-hydrogen) atoms. The molecule has 0 bridgehead atoms. The van der Waals surface area contributed by atoms with E-state index < -0.39 is 18.0 Å². The molecule has 3 atom stereocenters. The van der Waals surface area contributed by atoms with Crippen molar-refractivity contribution in [1.29, 1.82) is 0 Å². The number of aromatic nitrogens is 1. The van der Waals surface area contributed by atoms with Crippen LogP contribution in [0.3, 0.4) is 0 Å². The molecule has 1 fully saturated rings. The zero-order valence-electron chi connectivity index (χ0n) is 17.5. The van der Waals surface area contributed by atoms with Crippen molar-refractivity contribution in [3.8, 4) is 0 Å². The monoisotopic (exact) mass is 426 g/mol. The molecule has 160 valence electrons. The third kappa shape index (κ3) is 3.29. The number of pyridine rings is 1. The molecule has 0 saturated carbocycles. The van der Waals surface area contributed by atoms with Crippen LogP contribution in [-0.2, 0) is 9.59 Å². The highest BCUT2D eigenvalue weighted by atomic mass is 16.4. The van der Waals surface area contributed by atoms with E-state index in [1.807, 2.05) is 60.7 Å². The molecule has 1 amide bonds. The molecule has 2 aromatic carbocycles. The second-order valence-corrected chi connectivity index (χ2v) is 8.29. The molecule has 0 radical (unpaired) electrons. The maximum atomic E-state index is 12.4. The van der Waals surface area contributed by atoms with Gasteiger partial charge >= 0.3 is 5.97 Å². The lowest BCUT2D eigenvalue weighted by Crippen LogP contribution is -2.61. The van der Waals surface area contributed by atoms with Crippen molar-refractivity contribution in [2.24, 2.45) is 5.92 Å². The number of carboxylic acids is 1. The summed E-state index contributed by atoms with van der Waals surface area (Å²) in [5, 5.41) is 21.7. The average Bonchev–Trinajstić information content (AvgIpc) is 3.13. The zero-order chi connectivity index (χ0) is 22.4. The summed E-state index contributed by atoms with van der Waals surface area (Å²) < 4.78 is 0. The van der Waals surface area contributed by atoms with Crippen molar-refractivity contribution in [1.82, 2.24) is 9.88 Å². The van der Waals surface area contributed by atoms with E-state index in [-0.39, 0.29) is 17.6 Å². The highest BCUT2D eigenvalue weighted by Gasteiger charge is 2.56. The van der Waals surface area contributed by atoms with E-state index in [2.05, 4.69) is 11.1 Å². The van der Waals surface area contributed by atoms with E-state index in [9.17, 15) is 19.8 Å². The number of rotatable bonds is 5. The number of aliphatic carboxylic acids is 1. The van der Waals surface area contributed by atoms with Gasteiger partial charge in [-0.05, 0) is 71.2 Å². The van der Waals surface area contributed by atoms with E-state index in [1.165, 1.54) is 4.90 Å². The SMILES string of the molecule is C[C@@H](O)[C@H]1C(=O)N2C(C(=O)O)=C(c3ccc4cc(/C=C/c5ccccn5)ccc4c3)C[C@H]12. The van der Waals surface area contributed by atoms with Gasteiger partial charge < -0.3 is 15.1 Å². The summed E-state index contributed by atoms with van der Waals surface area (Å²) in [6, 6.07) is 17.4. The van der Waals surface area contributed by atoms with Gasteiger partial charge in [-0.2, -0.15) is 0 Å². The third-order valence-corrected chi connectivity index (χ3v) is 6.28. The summed E-state index contributed by atoms with van der Waals surface area (Å²) in [5.74, 6) is -1.98. The Hall–Kier alpha value is -3.77. The van der Waals surface area contributed by atoms with Gasteiger partial charge in [0.2, 0.25) is 5.91 Å². The second kappa shape index (κ2) is 7.73. The van der Waals surface area contributed by atoms with Crippen LogP contribution in [0.15, 0.2) is 66.5 Å². The molecule has 2 aliphatic heterocycles. The van der Waals surface area contributed by atoms with Gasteiger partial charge in [-0.15, -0.1) is 0 Å². The first kappa shape index (κ1) is 20.2. The highest BCUT2D eigenvalue weighted by Crippen LogP contribution is 2.47. The fourth-order valence-electron chi connectivity index (χ4n) is 4.74. The summed E-state index contributed by atoms with van der Waals surface area (Å²) in [5.41, 5.74) is 3.38. The molecule has 6 nitrogen and oxygen atoms in total. The second-order valence-electron chi connectivity index (χ2n) is 8.29. The van der Waals surface area contributed by atoms with Crippen molar-refractivity contribution in [3.05, 3.63) is 83.3 Å². The van der Waals surface area contributed by atoms with Crippen LogP contribution in [0.5, 0.6) is 0 Å². The van der Waals surface area contributed by atoms with Gasteiger partial charge in [0.15, 0.2) is 0 Å². The van der Waals surface area contributed by atoms with Crippen molar-refractivity contribution in [2.75, 3.05) is 0 Å². The molecule has 1 saturated heterocycles. The van der Waals surface area contributed by atoms with Crippen molar-refractivity contribution < 1.29 is 19.8 Å². The smallest absolute Gasteiger partial charge is 0.352 e. The summed E-state index contributed by atoms with van der Waals surface area (Å²) in [6.07, 6.45) is 5.35. The lowest BCUT2D eigenvalue weighted by molar-refractivity contribution is -0.161. The minimum Gasteiger partial charge on any atom is -0.477 e. The summed E-state index contributed by atoms with van der Waals surface area (Å²) in [7, 11) is 0. The van der Waals surface area contributed by atoms with Crippen LogP contribution in [0.2, 0.25) is 0 Å². The number of amides is 1. The van der Waals surface area contributed by atoms with Crippen LogP contribution in [0.1, 0.15) is 30.2 Å². The van der Waals surface area contributed by atoms with Crippen molar-refractivity contribution >= 4 is 40.4 Å². The highest BCUT2D eigenvalue weighted by molar-refractivity contribution is 6.06. The number of fused-ring (bicyclic) bond motifs is 2. The van der Waals surface area contributed by atoms with Crippen molar-refractivity contribution in [3.63, 3.8) is 0 Å². The Bertz CT molecular complexity index is 1290. The number of hydrogen-bond donors (Lipinski definition) is 2. The Morgan fingerprint density at radius 1 is 1.12 bits per heavy atom. The average molecular weight is 426 g/mol. The van der Waals surface area contributed by atoms with E-state index >= 15 is 0 Å². The Labute approximate surface area is 185 Å². The molecule has 2 N–H and O–H groups in total. The lowest BCUT2D eigenvalue weighted by atomic mass is 9.82. The van der Waals surface area contributed by atoms with Gasteiger partial charge in [-0.25, -0.2) is 4.79 Å². The first-order valence-corrected chi connectivity index (χ1v) is 10.5. The number of nitrogens with zero attached hydrogens (tertiary/aromatic N) is 2. The number of carbonyl (C=O) groups is 2. The number of hydrogen-bond acceptors (Lipinski definition) is 4. The molecule has 0 unspecified atom stereocenters. The van der Waals surface area contributed by atoms with Gasteiger partial charge in [-0.1, -0.05) is 36.4 Å². The Morgan fingerprint density at radius 2 is 1.91 bits per heavy atom. The molecular formula is C26H22N2O4. The molecule has 6 heteroatoms. The number of β-lactam (4-membered cyclic amide) rings is 1. The first-order chi connectivity index (χ1) is 15.4. The van der Waals surface area contributed by atoms with Gasteiger partial charge in [0.1, 0.15) is 5.70 Å². The number of aliphatic hydroxyl groups excluding tert-OH is 1. The molecule has 1 aromatic heterocycles. The maximum absolute atomic E-state index is 12.4. The molecule has 5 rings (SSSR count). The van der Waals surface area contributed by atoms with Gasteiger partial charge in [0.05, 0.1) is 23.8 Å². The molecule has 0 aliphatic carbocycles. The van der Waals surface area contributed by atoms with E-state index in [0.717, 1.165) is 27.6 Å². The fraction of sp³-hybridized carbons (Fsp3) is 0.192. The standard InChI is InChI=1S/C26H22N2O4/c1-15(29)23-22-14-21(24(26(31)32)28(22)25(23)30)19-9-8-17-12-16(5-7-18(17)13-19)6-10-20-4-2-3-11-27-20/h2-13,15,22-23,29H,14H2,1H3,(H,31,32)/b10-6+/t15-,22-,23-/m1/s1. The quantitative estimate of drug-likeness (QED) is 0.606. The molecule has 2 aliphatic rings. The largest absolute Gasteiger partial charge is 0.477 e. The van der Waals surface area contributed by atoms with Crippen LogP contribution in [0.4, 0.5) is 0 Å². The number of carboxylic acid groups (broad SMARTS) is 1. The predicted octanol–water partition coefficient (Wildman–Crippen LogP) is 3.81. The van der Waals surface area contributed by atoms with E-state index in [1.54, 1.807) is 13.1 Å². The maximum Gasteiger partial charge on any atom is 0.352 e. The zero-order valence-corrected chi connectivity index (χ0v) is 17.5. The van der Waals surface area contributed by atoms with Crippen LogP contribution in [0, 0.1) is 5.92 Å². The normalized spacial score (nSPS) is 21.2. The Kier molecular flexibility index (Phi) is 4.87. The Balaban J connectivity index is 1.47. The fourth-order valence-corrected chi connectivity index (χ4v) is 4.74. The summed E-state index contributed by atoms with van der Waals surface area (Å²) in [4.78, 5) is 30.0. The summed E-state index contributed by atoms with van der Waals surface area (Å²) in [6.45, 7) is 1.58. The van der Waals surface area contributed by atoms with Crippen LogP contribution in [-0.4, -0.2) is 44.1 Å². The van der Waals surface area contributed by atoms with E-state index in [0.29, 0.717) is 12.0 Å². The van der Waals surface area contributed by atoms with Crippen molar-refractivity contribution in [2.45, 2.75) is 25.5 Å². The van der Waals surface area contributed by atoms with Crippen LogP contribution >= 0.6 is 0 Å².